The van der Waals surface area contributed by atoms with Crippen LogP contribution in [0.4, 0.5) is 5.69 Å². The molecule has 5 nitrogen and oxygen atoms in total. The van der Waals surface area contributed by atoms with E-state index in [1.165, 1.54) is 6.08 Å². The first kappa shape index (κ1) is 17.0. The van der Waals surface area contributed by atoms with Gasteiger partial charge < -0.3 is 20.5 Å². The second-order valence-corrected chi connectivity index (χ2v) is 4.62. The SMILES string of the molecule is CCCOc1ccc(/C=C\C(=O)NCCCOC)cc1N. The van der Waals surface area contributed by atoms with Gasteiger partial charge in [-0.25, -0.2) is 0 Å². The Bertz CT molecular complexity index is 473. The Balaban J connectivity index is 2.48. The second-order valence-electron chi connectivity index (χ2n) is 4.62. The third kappa shape index (κ3) is 6.81. The maximum Gasteiger partial charge on any atom is 0.244 e. The van der Waals surface area contributed by atoms with Gasteiger partial charge >= 0.3 is 0 Å². The van der Waals surface area contributed by atoms with E-state index in [2.05, 4.69) is 5.32 Å². The van der Waals surface area contributed by atoms with Gasteiger partial charge in [-0.15, -0.1) is 0 Å². The molecule has 0 bridgehead atoms. The number of amides is 1. The number of nitrogens with one attached hydrogen (secondary N) is 1. The van der Waals surface area contributed by atoms with Gasteiger partial charge in [0.15, 0.2) is 0 Å². The summed E-state index contributed by atoms with van der Waals surface area (Å²) in [7, 11) is 1.64. The van der Waals surface area contributed by atoms with Gasteiger partial charge in [-0.3, -0.25) is 4.79 Å². The molecule has 0 aliphatic rings. The van der Waals surface area contributed by atoms with E-state index >= 15 is 0 Å². The predicted octanol–water partition coefficient (Wildman–Crippen LogP) is 2.22. The average molecular weight is 292 g/mol. The van der Waals surface area contributed by atoms with Crippen molar-refractivity contribution in [1.82, 2.24) is 5.32 Å². The van der Waals surface area contributed by atoms with Crippen LogP contribution < -0.4 is 15.8 Å². The number of nitrogens with two attached hydrogens (primary N) is 1. The van der Waals surface area contributed by atoms with Crippen molar-refractivity contribution in [2.75, 3.05) is 32.6 Å². The zero-order valence-corrected chi connectivity index (χ0v) is 12.7. The van der Waals surface area contributed by atoms with Gasteiger partial charge in [0.2, 0.25) is 5.91 Å². The molecular weight excluding hydrogens is 268 g/mol. The van der Waals surface area contributed by atoms with Crippen LogP contribution in [0.15, 0.2) is 24.3 Å². The third-order valence-electron chi connectivity index (χ3n) is 2.75. The maximum atomic E-state index is 11.6. The molecule has 21 heavy (non-hydrogen) atoms. The first-order chi connectivity index (χ1) is 10.2. The number of ether oxygens (including phenoxy) is 2. The molecule has 0 saturated carbocycles. The van der Waals surface area contributed by atoms with Crippen molar-refractivity contribution >= 4 is 17.7 Å². The number of rotatable bonds is 9. The van der Waals surface area contributed by atoms with Gasteiger partial charge in [0.1, 0.15) is 5.75 Å². The van der Waals surface area contributed by atoms with Crippen LogP contribution in [0.25, 0.3) is 6.08 Å². The highest BCUT2D eigenvalue weighted by Crippen LogP contribution is 2.23. The van der Waals surface area contributed by atoms with Crippen molar-refractivity contribution < 1.29 is 14.3 Å². The Hall–Kier alpha value is -2.01. The summed E-state index contributed by atoms with van der Waals surface area (Å²) in [5, 5.41) is 2.78. The van der Waals surface area contributed by atoms with E-state index in [1.54, 1.807) is 19.3 Å². The highest BCUT2D eigenvalue weighted by molar-refractivity contribution is 5.91. The van der Waals surface area contributed by atoms with Gasteiger partial charge in [0.05, 0.1) is 12.3 Å². The molecule has 116 valence electrons. The number of hydrogen-bond acceptors (Lipinski definition) is 4. The molecule has 0 heterocycles. The summed E-state index contributed by atoms with van der Waals surface area (Å²) < 4.78 is 10.4. The Morgan fingerprint density at radius 3 is 2.86 bits per heavy atom. The van der Waals surface area contributed by atoms with E-state index in [0.717, 1.165) is 18.4 Å². The average Bonchev–Trinajstić information content (AvgIpc) is 2.48. The van der Waals surface area contributed by atoms with Crippen LogP contribution in [0.1, 0.15) is 25.3 Å². The topological polar surface area (TPSA) is 73.6 Å². The lowest BCUT2D eigenvalue weighted by Gasteiger charge is -2.08. The molecule has 0 fully saturated rings. The molecule has 0 atom stereocenters. The number of hydrogen-bond donors (Lipinski definition) is 2. The van der Waals surface area contributed by atoms with Crippen LogP contribution in [0.2, 0.25) is 0 Å². The summed E-state index contributed by atoms with van der Waals surface area (Å²) >= 11 is 0. The molecule has 0 radical (unpaired) electrons. The zero-order valence-electron chi connectivity index (χ0n) is 12.7. The first-order valence-electron chi connectivity index (χ1n) is 7.14. The Morgan fingerprint density at radius 2 is 2.19 bits per heavy atom. The fourth-order valence-corrected chi connectivity index (χ4v) is 1.67. The number of carbonyl (C=O) groups excluding carboxylic acids is 1. The van der Waals surface area contributed by atoms with E-state index < -0.39 is 0 Å². The molecule has 1 rings (SSSR count). The van der Waals surface area contributed by atoms with Gasteiger partial charge in [0.25, 0.3) is 0 Å². The lowest BCUT2D eigenvalue weighted by atomic mass is 10.1. The van der Waals surface area contributed by atoms with Crippen LogP contribution in [0.3, 0.4) is 0 Å². The molecule has 0 aliphatic heterocycles. The van der Waals surface area contributed by atoms with Gasteiger partial charge in [-0.2, -0.15) is 0 Å². The molecule has 1 amide bonds. The molecule has 0 aromatic heterocycles. The quantitative estimate of drug-likeness (QED) is 0.416. The lowest BCUT2D eigenvalue weighted by Crippen LogP contribution is -2.22. The van der Waals surface area contributed by atoms with Crippen molar-refractivity contribution in [2.24, 2.45) is 0 Å². The van der Waals surface area contributed by atoms with Gasteiger partial charge in [0, 0.05) is 26.3 Å². The number of carbonyl (C=O) groups is 1. The van der Waals surface area contributed by atoms with Crippen molar-refractivity contribution in [3.63, 3.8) is 0 Å². The van der Waals surface area contributed by atoms with Crippen LogP contribution in [-0.2, 0) is 9.53 Å². The predicted molar refractivity (Wildman–Crippen MR) is 85.2 cm³/mol. The summed E-state index contributed by atoms with van der Waals surface area (Å²) in [5.41, 5.74) is 7.35. The van der Waals surface area contributed by atoms with Gasteiger partial charge in [-0.05, 0) is 36.6 Å². The highest BCUT2D eigenvalue weighted by Gasteiger charge is 2.01. The van der Waals surface area contributed by atoms with E-state index in [0.29, 0.717) is 31.2 Å². The summed E-state index contributed by atoms with van der Waals surface area (Å²) in [6.07, 6.45) is 4.95. The Labute approximate surface area is 126 Å². The second kappa shape index (κ2) is 9.83. The summed E-state index contributed by atoms with van der Waals surface area (Å²) in [6.45, 7) is 3.92. The molecule has 0 unspecified atom stereocenters. The molecule has 1 aromatic carbocycles. The molecule has 0 aliphatic carbocycles. The van der Waals surface area contributed by atoms with Crippen LogP contribution in [0, 0.1) is 0 Å². The largest absolute Gasteiger partial charge is 0.491 e. The van der Waals surface area contributed by atoms with Crippen LogP contribution in [-0.4, -0.2) is 32.8 Å². The van der Waals surface area contributed by atoms with Crippen molar-refractivity contribution in [2.45, 2.75) is 19.8 Å². The first-order valence-corrected chi connectivity index (χ1v) is 7.14. The van der Waals surface area contributed by atoms with E-state index in [9.17, 15) is 4.79 Å². The van der Waals surface area contributed by atoms with Gasteiger partial charge in [-0.1, -0.05) is 13.0 Å². The maximum absolute atomic E-state index is 11.6. The summed E-state index contributed by atoms with van der Waals surface area (Å²) in [6, 6.07) is 5.48. The normalized spacial score (nSPS) is 10.8. The molecule has 1 aromatic rings. The molecule has 3 N–H and O–H groups in total. The minimum atomic E-state index is -0.129. The van der Waals surface area contributed by atoms with Crippen molar-refractivity contribution in [1.29, 1.82) is 0 Å². The summed E-state index contributed by atoms with van der Waals surface area (Å²) in [4.78, 5) is 11.6. The monoisotopic (exact) mass is 292 g/mol. The lowest BCUT2D eigenvalue weighted by molar-refractivity contribution is -0.116. The Morgan fingerprint density at radius 1 is 1.38 bits per heavy atom. The molecular formula is C16H24N2O3. The Kier molecular flexibility index (Phi) is 7.97. The summed E-state index contributed by atoms with van der Waals surface area (Å²) in [5.74, 6) is 0.550. The van der Waals surface area contributed by atoms with Crippen LogP contribution >= 0.6 is 0 Å². The highest BCUT2D eigenvalue weighted by atomic mass is 16.5. The molecule has 0 saturated heterocycles. The van der Waals surface area contributed by atoms with Crippen molar-refractivity contribution in [3.8, 4) is 5.75 Å². The van der Waals surface area contributed by atoms with E-state index in [1.807, 2.05) is 19.1 Å². The van der Waals surface area contributed by atoms with Crippen LogP contribution in [0.5, 0.6) is 5.75 Å². The molecule has 5 heteroatoms. The fraction of sp³-hybridized carbons (Fsp3) is 0.438. The third-order valence-corrected chi connectivity index (χ3v) is 2.75. The van der Waals surface area contributed by atoms with E-state index in [4.69, 9.17) is 15.2 Å². The fourth-order valence-electron chi connectivity index (χ4n) is 1.67. The van der Waals surface area contributed by atoms with E-state index in [-0.39, 0.29) is 5.91 Å². The number of methoxy groups -OCH3 is 1. The zero-order chi connectivity index (χ0) is 15.5. The minimum absolute atomic E-state index is 0.129. The standard InChI is InChI=1S/C16H24N2O3/c1-3-10-21-15-7-5-13(12-14(15)17)6-8-16(19)18-9-4-11-20-2/h5-8,12H,3-4,9-11,17H2,1-2H3,(H,18,19)/b8-6-. The minimum Gasteiger partial charge on any atom is -0.491 e. The number of nitrogen functional groups attached to an aromatic ring is 1. The van der Waals surface area contributed by atoms with Crippen molar-refractivity contribution in [3.05, 3.63) is 29.8 Å². The molecule has 0 spiro atoms. The number of anilines is 1. The number of benzene rings is 1. The smallest absolute Gasteiger partial charge is 0.244 e.